The molecule has 1 aliphatic heterocycles. The minimum atomic E-state index is -0.548. The second-order valence-corrected chi connectivity index (χ2v) is 7.27. The van der Waals surface area contributed by atoms with E-state index in [1.165, 1.54) is 18.5 Å². The lowest BCUT2D eigenvalue weighted by Gasteiger charge is -2.20. The van der Waals surface area contributed by atoms with E-state index in [0.717, 1.165) is 44.5 Å². The highest BCUT2D eigenvalue weighted by Gasteiger charge is 2.24. The van der Waals surface area contributed by atoms with Crippen LogP contribution in [0.15, 0.2) is 35.3 Å². The molecule has 0 amide bonds. The van der Waals surface area contributed by atoms with Gasteiger partial charge < -0.3 is 25.4 Å². The zero-order chi connectivity index (χ0) is 18.2. The number of rotatable bonds is 9. The molecule has 0 radical (unpaired) electrons. The Morgan fingerprint density at radius 2 is 2.12 bits per heavy atom. The summed E-state index contributed by atoms with van der Waals surface area (Å²) >= 11 is 0. The third-order valence-corrected chi connectivity index (χ3v) is 4.82. The number of para-hydroxylation sites is 1. The number of ether oxygens (including phenoxy) is 1. The van der Waals surface area contributed by atoms with Crippen LogP contribution >= 0.6 is 0 Å². The molecule has 26 heavy (non-hydrogen) atoms. The Bertz CT molecular complexity index is 562. The smallest absolute Gasteiger partial charge is 0.191 e. The van der Waals surface area contributed by atoms with Crippen LogP contribution in [0.2, 0.25) is 0 Å². The lowest BCUT2D eigenvalue weighted by atomic mass is 10.2. The molecule has 1 aliphatic carbocycles. The fourth-order valence-corrected chi connectivity index (χ4v) is 3.17. The van der Waals surface area contributed by atoms with Crippen molar-refractivity contribution in [3.8, 4) is 0 Å². The summed E-state index contributed by atoms with van der Waals surface area (Å²) in [6.07, 6.45) is 3.06. The topological polar surface area (TPSA) is 69.1 Å². The van der Waals surface area contributed by atoms with Crippen molar-refractivity contribution in [2.45, 2.75) is 38.3 Å². The van der Waals surface area contributed by atoms with Crippen molar-refractivity contribution in [1.29, 1.82) is 0 Å². The third-order valence-electron chi connectivity index (χ3n) is 4.82. The lowest BCUT2D eigenvalue weighted by molar-refractivity contribution is 0.0368. The van der Waals surface area contributed by atoms with E-state index in [4.69, 9.17) is 4.74 Å². The van der Waals surface area contributed by atoms with Crippen LogP contribution < -0.4 is 15.5 Å². The average molecular weight is 361 g/mol. The van der Waals surface area contributed by atoms with Crippen molar-refractivity contribution >= 4 is 11.6 Å². The molecule has 0 aromatic heterocycles. The number of nitrogens with zero attached hydrogens (tertiary/aromatic N) is 2. The molecule has 1 heterocycles. The minimum Gasteiger partial charge on any atom is -0.389 e. The molecule has 3 rings (SSSR count). The van der Waals surface area contributed by atoms with Gasteiger partial charge in [0.15, 0.2) is 5.96 Å². The summed E-state index contributed by atoms with van der Waals surface area (Å²) < 4.78 is 5.54. The number of aliphatic imine (C=N–C) groups is 1. The molecule has 6 heteroatoms. The van der Waals surface area contributed by atoms with Crippen LogP contribution in [0.5, 0.6) is 0 Å². The Labute approximate surface area is 156 Å². The van der Waals surface area contributed by atoms with Gasteiger partial charge in [0.25, 0.3) is 0 Å². The number of guanidine groups is 1. The number of aliphatic hydroxyl groups is 1. The van der Waals surface area contributed by atoms with Gasteiger partial charge in [-0.25, -0.2) is 0 Å². The van der Waals surface area contributed by atoms with E-state index in [-0.39, 0.29) is 0 Å². The monoisotopic (exact) mass is 360 g/mol. The van der Waals surface area contributed by atoms with E-state index in [9.17, 15) is 5.11 Å². The van der Waals surface area contributed by atoms with Crippen LogP contribution in [-0.2, 0) is 4.74 Å². The van der Waals surface area contributed by atoms with Gasteiger partial charge in [-0.2, -0.15) is 0 Å². The first-order valence-corrected chi connectivity index (χ1v) is 9.85. The molecule has 6 nitrogen and oxygen atoms in total. The predicted octanol–water partition coefficient (Wildman–Crippen LogP) is 1.61. The van der Waals surface area contributed by atoms with E-state index in [1.807, 2.05) is 6.07 Å². The van der Waals surface area contributed by atoms with Crippen LogP contribution in [0, 0.1) is 5.92 Å². The SMILES string of the molecule is CCNC(=NCC(O)COCC1CC1)NC1CCN(c2ccccc2)C1. The fraction of sp³-hybridized carbons (Fsp3) is 0.650. The highest BCUT2D eigenvalue weighted by molar-refractivity contribution is 5.80. The molecule has 1 saturated carbocycles. The Hall–Kier alpha value is -1.79. The lowest BCUT2D eigenvalue weighted by Crippen LogP contribution is -2.45. The fourth-order valence-electron chi connectivity index (χ4n) is 3.17. The van der Waals surface area contributed by atoms with Crippen LogP contribution in [-0.4, -0.2) is 62.6 Å². The number of anilines is 1. The molecule has 144 valence electrons. The zero-order valence-electron chi connectivity index (χ0n) is 15.7. The summed E-state index contributed by atoms with van der Waals surface area (Å²) in [7, 11) is 0. The van der Waals surface area contributed by atoms with E-state index in [0.29, 0.717) is 19.2 Å². The van der Waals surface area contributed by atoms with Crippen molar-refractivity contribution in [1.82, 2.24) is 10.6 Å². The van der Waals surface area contributed by atoms with E-state index in [1.54, 1.807) is 0 Å². The van der Waals surface area contributed by atoms with Gasteiger partial charge in [0.05, 0.1) is 19.3 Å². The van der Waals surface area contributed by atoms with Crippen LogP contribution in [0.3, 0.4) is 0 Å². The van der Waals surface area contributed by atoms with Crippen molar-refractivity contribution in [3.63, 3.8) is 0 Å². The van der Waals surface area contributed by atoms with Gasteiger partial charge in [-0.05, 0) is 44.2 Å². The first-order chi connectivity index (χ1) is 12.7. The van der Waals surface area contributed by atoms with Gasteiger partial charge in [0, 0.05) is 38.0 Å². The number of nitrogens with one attached hydrogen (secondary N) is 2. The van der Waals surface area contributed by atoms with Crippen molar-refractivity contribution in [2.75, 3.05) is 44.3 Å². The molecule has 2 aliphatic rings. The van der Waals surface area contributed by atoms with E-state index >= 15 is 0 Å². The van der Waals surface area contributed by atoms with Gasteiger partial charge in [0.1, 0.15) is 0 Å². The predicted molar refractivity (Wildman–Crippen MR) is 106 cm³/mol. The van der Waals surface area contributed by atoms with E-state index < -0.39 is 6.10 Å². The summed E-state index contributed by atoms with van der Waals surface area (Å²) in [6.45, 7) is 6.35. The first-order valence-electron chi connectivity index (χ1n) is 9.85. The molecular weight excluding hydrogens is 328 g/mol. The maximum atomic E-state index is 10.1. The molecule has 1 saturated heterocycles. The molecule has 2 fully saturated rings. The molecule has 2 atom stereocenters. The van der Waals surface area contributed by atoms with Crippen LogP contribution in [0.25, 0.3) is 0 Å². The second kappa shape index (κ2) is 9.78. The maximum Gasteiger partial charge on any atom is 0.191 e. The number of benzene rings is 1. The first kappa shape index (κ1) is 19.0. The standard InChI is InChI=1S/C20H32N4O2/c1-2-21-20(22-12-19(25)15-26-14-16-8-9-16)23-17-10-11-24(13-17)18-6-4-3-5-7-18/h3-7,16-17,19,25H,2,8-15H2,1H3,(H2,21,22,23). The van der Waals surface area contributed by atoms with Gasteiger partial charge >= 0.3 is 0 Å². The van der Waals surface area contributed by atoms with Gasteiger partial charge in [-0.1, -0.05) is 18.2 Å². The summed E-state index contributed by atoms with van der Waals surface area (Å²) in [5, 5.41) is 16.8. The Morgan fingerprint density at radius 1 is 1.31 bits per heavy atom. The number of hydrogen-bond acceptors (Lipinski definition) is 4. The van der Waals surface area contributed by atoms with Gasteiger partial charge in [0.2, 0.25) is 0 Å². The molecule has 1 aromatic rings. The Balaban J connectivity index is 1.43. The van der Waals surface area contributed by atoms with Gasteiger partial charge in [-0.3, -0.25) is 4.99 Å². The third kappa shape index (κ3) is 6.18. The summed E-state index contributed by atoms with van der Waals surface area (Å²) in [5.74, 6) is 1.49. The molecule has 2 unspecified atom stereocenters. The Kier molecular flexibility index (Phi) is 7.14. The summed E-state index contributed by atoms with van der Waals surface area (Å²) in [6, 6.07) is 10.9. The number of aliphatic hydroxyl groups excluding tert-OH is 1. The quantitative estimate of drug-likeness (QED) is 0.461. The maximum absolute atomic E-state index is 10.1. The van der Waals surface area contributed by atoms with Crippen molar-refractivity contribution in [3.05, 3.63) is 30.3 Å². The van der Waals surface area contributed by atoms with Crippen molar-refractivity contribution < 1.29 is 9.84 Å². The van der Waals surface area contributed by atoms with Gasteiger partial charge in [-0.15, -0.1) is 0 Å². The highest BCUT2D eigenvalue weighted by atomic mass is 16.5. The molecule has 0 spiro atoms. The summed E-state index contributed by atoms with van der Waals surface area (Å²) in [4.78, 5) is 6.92. The summed E-state index contributed by atoms with van der Waals surface area (Å²) in [5.41, 5.74) is 1.27. The largest absolute Gasteiger partial charge is 0.389 e. The molecule has 3 N–H and O–H groups in total. The zero-order valence-corrected chi connectivity index (χ0v) is 15.7. The minimum absolute atomic E-state index is 0.356. The average Bonchev–Trinajstić information content (AvgIpc) is 3.36. The molecule has 0 bridgehead atoms. The Morgan fingerprint density at radius 3 is 2.85 bits per heavy atom. The molecule has 1 aromatic carbocycles. The number of hydrogen-bond donors (Lipinski definition) is 3. The highest BCUT2D eigenvalue weighted by Crippen LogP contribution is 2.28. The normalized spacial score (nSPS) is 21.7. The van der Waals surface area contributed by atoms with Crippen LogP contribution in [0.4, 0.5) is 5.69 Å². The molecular formula is C20H32N4O2. The van der Waals surface area contributed by atoms with E-state index in [2.05, 4.69) is 51.7 Å². The van der Waals surface area contributed by atoms with Crippen LogP contribution in [0.1, 0.15) is 26.2 Å². The second-order valence-electron chi connectivity index (χ2n) is 7.27. The van der Waals surface area contributed by atoms with Crippen molar-refractivity contribution in [2.24, 2.45) is 10.9 Å².